The summed E-state index contributed by atoms with van der Waals surface area (Å²) in [6, 6.07) is 8.51. The van der Waals surface area contributed by atoms with Gasteiger partial charge in [0.05, 0.1) is 6.10 Å². The van der Waals surface area contributed by atoms with Gasteiger partial charge in [-0.25, -0.2) is 8.78 Å². The Bertz CT molecular complexity index is 595. The van der Waals surface area contributed by atoms with Gasteiger partial charge in [-0.05, 0) is 43.2 Å². The predicted molar refractivity (Wildman–Crippen MR) is 68.2 cm³/mol. The third-order valence-electron chi connectivity index (χ3n) is 2.81. The molecule has 0 saturated heterocycles. The van der Waals surface area contributed by atoms with Crippen molar-refractivity contribution in [2.24, 2.45) is 0 Å². The second kappa shape index (κ2) is 5.36. The fraction of sp³-hybridized carbons (Fsp3) is 0.200. The summed E-state index contributed by atoms with van der Waals surface area (Å²) in [5.74, 6) is -0.780. The van der Waals surface area contributed by atoms with E-state index in [1.165, 1.54) is 18.2 Å². The van der Waals surface area contributed by atoms with Crippen molar-refractivity contribution < 1.29 is 18.6 Å². The van der Waals surface area contributed by atoms with Gasteiger partial charge < -0.3 is 9.84 Å². The van der Waals surface area contributed by atoms with Crippen molar-refractivity contribution >= 4 is 0 Å². The molecule has 0 unspecified atom stereocenters. The van der Waals surface area contributed by atoms with Crippen LogP contribution in [0.3, 0.4) is 0 Å². The lowest BCUT2D eigenvalue weighted by molar-refractivity contribution is 0.198. The number of ether oxygens (including phenoxy) is 1. The zero-order valence-corrected chi connectivity index (χ0v) is 10.7. The van der Waals surface area contributed by atoms with Gasteiger partial charge in [0, 0.05) is 6.07 Å². The Kier molecular flexibility index (Phi) is 3.81. The Labute approximate surface area is 110 Å². The molecule has 2 nitrogen and oxygen atoms in total. The Morgan fingerprint density at radius 1 is 1.05 bits per heavy atom. The minimum Gasteiger partial charge on any atom is -0.454 e. The lowest BCUT2D eigenvalue weighted by Gasteiger charge is -2.10. The summed E-state index contributed by atoms with van der Waals surface area (Å²) in [7, 11) is 0. The van der Waals surface area contributed by atoms with E-state index >= 15 is 0 Å². The molecule has 1 atom stereocenters. The zero-order valence-electron chi connectivity index (χ0n) is 10.7. The zero-order chi connectivity index (χ0) is 14.0. The number of rotatable bonds is 3. The van der Waals surface area contributed by atoms with E-state index in [1.807, 2.05) is 0 Å². The van der Waals surface area contributed by atoms with Crippen LogP contribution in [0.25, 0.3) is 0 Å². The van der Waals surface area contributed by atoms with Crippen LogP contribution in [-0.4, -0.2) is 5.11 Å². The maximum atomic E-state index is 13.7. The molecule has 4 heteroatoms. The molecule has 0 aromatic heterocycles. The van der Waals surface area contributed by atoms with E-state index in [-0.39, 0.29) is 11.5 Å². The van der Waals surface area contributed by atoms with Crippen LogP contribution in [0, 0.1) is 18.6 Å². The number of aliphatic hydroxyl groups is 1. The Balaban J connectivity index is 2.25. The maximum Gasteiger partial charge on any atom is 0.166 e. The number of hydrogen-bond acceptors (Lipinski definition) is 2. The second-order valence-electron chi connectivity index (χ2n) is 4.38. The van der Waals surface area contributed by atoms with Gasteiger partial charge in [0.15, 0.2) is 11.6 Å². The van der Waals surface area contributed by atoms with Crippen molar-refractivity contribution in [1.82, 2.24) is 0 Å². The van der Waals surface area contributed by atoms with Crippen molar-refractivity contribution in [3.63, 3.8) is 0 Å². The third-order valence-corrected chi connectivity index (χ3v) is 2.81. The number of aryl methyl sites for hydroxylation is 1. The summed E-state index contributed by atoms with van der Waals surface area (Å²) in [5.41, 5.74) is 0.956. The number of benzene rings is 2. The first-order valence-corrected chi connectivity index (χ1v) is 5.89. The molecule has 2 rings (SSSR count). The molecular weight excluding hydrogens is 250 g/mol. The molecule has 0 radical (unpaired) electrons. The molecule has 0 spiro atoms. The van der Waals surface area contributed by atoms with E-state index in [9.17, 15) is 13.9 Å². The average molecular weight is 264 g/mol. The minimum absolute atomic E-state index is 0.00680. The molecule has 0 bridgehead atoms. The molecule has 0 heterocycles. The molecule has 2 aromatic carbocycles. The van der Waals surface area contributed by atoms with Gasteiger partial charge in [0.25, 0.3) is 0 Å². The predicted octanol–water partition coefficient (Wildman–Crippen LogP) is 4.12. The first-order chi connectivity index (χ1) is 8.97. The highest BCUT2D eigenvalue weighted by Crippen LogP contribution is 2.27. The normalized spacial score (nSPS) is 12.3. The van der Waals surface area contributed by atoms with E-state index in [0.29, 0.717) is 11.1 Å². The van der Waals surface area contributed by atoms with Crippen molar-refractivity contribution in [3.05, 3.63) is 59.2 Å². The van der Waals surface area contributed by atoms with Gasteiger partial charge in [0.2, 0.25) is 0 Å². The molecule has 0 fully saturated rings. The smallest absolute Gasteiger partial charge is 0.166 e. The van der Waals surface area contributed by atoms with Gasteiger partial charge in [-0.3, -0.25) is 0 Å². The van der Waals surface area contributed by atoms with E-state index in [0.717, 1.165) is 0 Å². The fourth-order valence-electron chi connectivity index (χ4n) is 1.62. The Morgan fingerprint density at radius 2 is 1.79 bits per heavy atom. The lowest BCUT2D eigenvalue weighted by atomic mass is 10.1. The van der Waals surface area contributed by atoms with Crippen LogP contribution in [-0.2, 0) is 0 Å². The monoisotopic (exact) mass is 264 g/mol. The molecule has 0 aliphatic rings. The van der Waals surface area contributed by atoms with Gasteiger partial charge in [-0.2, -0.15) is 0 Å². The highest BCUT2D eigenvalue weighted by Gasteiger charge is 2.09. The number of halogens is 2. The standard InChI is InChI=1S/C15H14F2O2/c1-9-3-5-12(8-13(9)16)19-15-6-4-11(10(2)18)7-14(15)17/h3-8,10,18H,1-2H3/t10-/m1/s1. The van der Waals surface area contributed by atoms with Gasteiger partial charge >= 0.3 is 0 Å². The van der Waals surface area contributed by atoms with Crippen LogP contribution in [0.1, 0.15) is 24.2 Å². The van der Waals surface area contributed by atoms with Crippen molar-refractivity contribution in [2.45, 2.75) is 20.0 Å². The van der Waals surface area contributed by atoms with Crippen LogP contribution in [0.4, 0.5) is 8.78 Å². The molecule has 19 heavy (non-hydrogen) atoms. The molecule has 0 saturated carbocycles. The van der Waals surface area contributed by atoms with Crippen LogP contribution in [0.2, 0.25) is 0 Å². The number of aliphatic hydroxyl groups excluding tert-OH is 1. The molecular formula is C15H14F2O2. The Hall–Kier alpha value is -1.94. The van der Waals surface area contributed by atoms with Crippen LogP contribution < -0.4 is 4.74 Å². The molecule has 0 aliphatic heterocycles. The lowest BCUT2D eigenvalue weighted by Crippen LogP contribution is -1.95. The van der Waals surface area contributed by atoms with E-state index in [4.69, 9.17) is 4.74 Å². The summed E-state index contributed by atoms with van der Waals surface area (Å²) in [6.07, 6.45) is -0.750. The van der Waals surface area contributed by atoms with E-state index < -0.39 is 17.7 Å². The molecule has 0 aliphatic carbocycles. The van der Waals surface area contributed by atoms with Crippen LogP contribution >= 0.6 is 0 Å². The third kappa shape index (κ3) is 3.09. The first kappa shape index (κ1) is 13.5. The average Bonchev–Trinajstić information content (AvgIpc) is 2.36. The SMILES string of the molecule is Cc1ccc(Oc2ccc([C@@H](C)O)cc2F)cc1F. The highest BCUT2D eigenvalue weighted by molar-refractivity contribution is 5.36. The summed E-state index contributed by atoms with van der Waals surface area (Å²) >= 11 is 0. The first-order valence-electron chi connectivity index (χ1n) is 5.89. The van der Waals surface area contributed by atoms with Crippen molar-refractivity contribution in [2.75, 3.05) is 0 Å². The second-order valence-corrected chi connectivity index (χ2v) is 4.38. The van der Waals surface area contributed by atoms with Gasteiger partial charge in [-0.1, -0.05) is 12.1 Å². The molecule has 1 N–H and O–H groups in total. The van der Waals surface area contributed by atoms with Crippen molar-refractivity contribution in [1.29, 1.82) is 0 Å². The summed E-state index contributed by atoms with van der Waals surface area (Å²) < 4.78 is 32.4. The molecule has 0 amide bonds. The van der Waals surface area contributed by atoms with Crippen molar-refractivity contribution in [3.8, 4) is 11.5 Å². The summed E-state index contributed by atoms with van der Waals surface area (Å²) in [6.45, 7) is 3.18. The summed E-state index contributed by atoms with van der Waals surface area (Å²) in [5, 5.41) is 9.34. The van der Waals surface area contributed by atoms with Gasteiger partial charge in [0.1, 0.15) is 11.6 Å². The van der Waals surface area contributed by atoms with Gasteiger partial charge in [-0.15, -0.1) is 0 Å². The topological polar surface area (TPSA) is 29.5 Å². The minimum atomic E-state index is -0.750. The summed E-state index contributed by atoms with van der Waals surface area (Å²) in [4.78, 5) is 0. The van der Waals surface area contributed by atoms with E-state index in [1.54, 1.807) is 32.0 Å². The van der Waals surface area contributed by atoms with Crippen LogP contribution in [0.15, 0.2) is 36.4 Å². The molecule has 2 aromatic rings. The number of hydrogen-bond donors (Lipinski definition) is 1. The highest BCUT2D eigenvalue weighted by atomic mass is 19.1. The van der Waals surface area contributed by atoms with E-state index in [2.05, 4.69) is 0 Å². The maximum absolute atomic E-state index is 13.7. The molecule has 100 valence electrons. The largest absolute Gasteiger partial charge is 0.454 e. The Morgan fingerprint density at radius 3 is 2.37 bits per heavy atom. The quantitative estimate of drug-likeness (QED) is 0.903. The fourth-order valence-corrected chi connectivity index (χ4v) is 1.62. The van der Waals surface area contributed by atoms with Crippen LogP contribution in [0.5, 0.6) is 11.5 Å².